The van der Waals surface area contributed by atoms with Crippen LogP contribution in [0, 0.1) is 5.92 Å². The Morgan fingerprint density at radius 2 is 1.97 bits per heavy atom. The van der Waals surface area contributed by atoms with Gasteiger partial charge in [0.25, 0.3) is 0 Å². The molecule has 1 unspecified atom stereocenters. The van der Waals surface area contributed by atoms with Crippen molar-refractivity contribution in [2.45, 2.75) is 27.0 Å². The molecule has 3 aromatic rings. The van der Waals surface area contributed by atoms with Crippen LogP contribution < -0.4 is 10.6 Å². The molecule has 1 aromatic carbocycles. The maximum atomic E-state index is 5.84. The summed E-state index contributed by atoms with van der Waals surface area (Å²) >= 11 is 0. The summed E-state index contributed by atoms with van der Waals surface area (Å²) in [5.41, 5.74) is 2.28. The lowest BCUT2D eigenvalue weighted by Crippen LogP contribution is -2.40. The average molecular weight is 534 g/mol. The van der Waals surface area contributed by atoms with E-state index in [2.05, 4.69) is 46.6 Å². The maximum Gasteiger partial charge on any atom is 0.191 e. The minimum atomic E-state index is 0. The van der Waals surface area contributed by atoms with Crippen LogP contribution >= 0.6 is 24.0 Å². The predicted molar refractivity (Wildman–Crippen MR) is 135 cm³/mol. The smallest absolute Gasteiger partial charge is 0.191 e. The van der Waals surface area contributed by atoms with Crippen LogP contribution in [-0.4, -0.2) is 40.2 Å². The Kier molecular flexibility index (Phi) is 11.0. The highest BCUT2D eigenvalue weighted by Crippen LogP contribution is 2.08. The molecule has 2 heterocycles. The summed E-state index contributed by atoms with van der Waals surface area (Å²) in [5.74, 6) is 2.00. The minimum absolute atomic E-state index is 0. The number of guanidine groups is 1. The molecule has 0 saturated heterocycles. The molecule has 2 N–H and O–H groups in total. The molecule has 3 rings (SSSR count). The third kappa shape index (κ3) is 8.66. The lowest BCUT2D eigenvalue weighted by Gasteiger charge is -2.16. The van der Waals surface area contributed by atoms with E-state index in [0.717, 1.165) is 30.4 Å². The highest BCUT2D eigenvalue weighted by atomic mass is 127. The average Bonchev–Trinajstić information content (AvgIpc) is 3.32. The van der Waals surface area contributed by atoms with E-state index in [0.29, 0.717) is 25.7 Å². The molecule has 0 spiro atoms. The van der Waals surface area contributed by atoms with E-state index in [1.165, 1.54) is 5.56 Å². The van der Waals surface area contributed by atoms with E-state index >= 15 is 0 Å². The van der Waals surface area contributed by atoms with Crippen LogP contribution in [0.15, 0.2) is 72.4 Å². The van der Waals surface area contributed by atoms with Gasteiger partial charge in [-0.2, -0.15) is 0 Å². The molecule has 7 nitrogen and oxygen atoms in total. The quantitative estimate of drug-likeness (QED) is 0.235. The van der Waals surface area contributed by atoms with E-state index in [1.807, 2.05) is 41.1 Å². The van der Waals surface area contributed by atoms with Gasteiger partial charge in [0.1, 0.15) is 12.1 Å². The molecule has 0 saturated carbocycles. The zero-order valence-electron chi connectivity index (χ0n) is 18.1. The van der Waals surface area contributed by atoms with Crippen LogP contribution in [0.3, 0.4) is 0 Å². The monoisotopic (exact) mass is 534 g/mol. The van der Waals surface area contributed by atoms with Crippen molar-refractivity contribution in [3.8, 4) is 5.82 Å². The molecule has 2 aromatic heterocycles. The summed E-state index contributed by atoms with van der Waals surface area (Å²) in [5, 5.41) is 6.71. The topological polar surface area (TPSA) is 76.4 Å². The number of ether oxygens (including phenoxy) is 1. The zero-order valence-corrected chi connectivity index (χ0v) is 20.4. The SMILES string of the molecule is CCNC(=NCc1ccnc(-n2ccnc2)c1)NCC(C)COCc1ccccc1.I. The first-order valence-corrected chi connectivity index (χ1v) is 10.3. The van der Waals surface area contributed by atoms with Gasteiger partial charge in [0.2, 0.25) is 0 Å². The van der Waals surface area contributed by atoms with Crippen LogP contribution in [0.5, 0.6) is 0 Å². The molecule has 0 aliphatic heterocycles. The number of hydrogen-bond donors (Lipinski definition) is 2. The fourth-order valence-electron chi connectivity index (χ4n) is 2.89. The number of rotatable bonds is 10. The number of halogens is 1. The van der Waals surface area contributed by atoms with Crippen molar-refractivity contribution < 1.29 is 4.74 Å². The number of benzene rings is 1. The number of nitrogens with zero attached hydrogens (tertiary/aromatic N) is 4. The first kappa shape index (κ1) is 24.8. The van der Waals surface area contributed by atoms with Crippen LogP contribution in [0.4, 0.5) is 0 Å². The highest BCUT2D eigenvalue weighted by Gasteiger charge is 2.05. The van der Waals surface area contributed by atoms with Gasteiger partial charge < -0.3 is 15.4 Å². The van der Waals surface area contributed by atoms with Crippen LogP contribution in [0.25, 0.3) is 5.82 Å². The number of hydrogen-bond acceptors (Lipinski definition) is 4. The summed E-state index contributed by atoms with van der Waals surface area (Å²) in [4.78, 5) is 13.2. The Morgan fingerprint density at radius 1 is 1.13 bits per heavy atom. The zero-order chi connectivity index (χ0) is 21.0. The number of imidazole rings is 1. The summed E-state index contributed by atoms with van der Waals surface area (Å²) < 4.78 is 7.72. The third-order valence-electron chi connectivity index (χ3n) is 4.47. The largest absolute Gasteiger partial charge is 0.376 e. The highest BCUT2D eigenvalue weighted by molar-refractivity contribution is 14.0. The number of aromatic nitrogens is 3. The molecule has 0 radical (unpaired) electrons. The summed E-state index contributed by atoms with van der Waals surface area (Å²) in [6, 6.07) is 14.2. The Labute approximate surface area is 201 Å². The van der Waals surface area contributed by atoms with Crippen molar-refractivity contribution in [3.05, 3.63) is 78.5 Å². The molecule has 0 amide bonds. The van der Waals surface area contributed by atoms with E-state index < -0.39 is 0 Å². The van der Waals surface area contributed by atoms with Crippen molar-refractivity contribution in [2.75, 3.05) is 19.7 Å². The molecule has 166 valence electrons. The maximum absolute atomic E-state index is 5.84. The van der Waals surface area contributed by atoms with Gasteiger partial charge in [0.15, 0.2) is 5.96 Å². The van der Waals surface area contributed by atoms with Crippen molar-refractivity contribution >= 4 is 29.9 Å². The van der Waals surface area contributed by atoms with Gasteiger partial charge in [-0.1, -0.05) is 37.3 Å². The molecule has 1 atom stereocenters. The van der Waals surface area contributed by atoms with Gasteiger partial charge in [0, 0.05) is 31.7 Å². The Bertz CT molecular complexity index is 901. The third-order valence-corrected chi connectivity index (χ3v) is 4.47. The second-order valence-corrected chi connectivity index (χ2v) is 7.17. The molecule has 0 aliphatic rings. The normalized spacial score (nSPS) is 12.1. The van der Waals surface area contributed by atoms with Crippen LogP contribution in [0.2, 0.25) is 0 Å². The molecule has 0 bridgehead atoms. The van der Waals surface area contributed by atoms with Gasteiger partial charge in [0.05, 0.1) is 19.8 Å². The first-order chi connectivity index (χ1) is 14.7. The van der Waals surface area contributed by atoms with Crippen molar-refractivity contribution in [1.29, 1.82) is 0 Å². The molecular weight excluding hydrogens is 503 g/mol. The summed E-state index contributed by atoms with van der Waals surface area (Å²) in [6.07, 6.45) is 7.15. The van der Waals surface area contributed by atoms with Crippen molar-refractivity contribution in [1.82, 2.24) is 25.2 Å². The van der Waals surface area contributed by atoms with E-state index in [9.17, 15) is 0 Å². The van der Waals surface area contributed by atoms with Crippen LogP contribution in [-0.2, 0) is 17.9 Å². The van der Waals surface area contributed by atoms with E-state index in [4.69, 9.17) is 9.73 Å². The molecule has 31 heavy (non-hydrogen) atoms. The first-order valence-electron chi connectivity index (χ1n) is 10.3. The van der Waals surface area contributed by atoms with Crippen molar-refractivity contribution in [2.24, 2.45) is 10.9 Å². The van der Waals surface area contributed by atoms with Gasteiger partial charge in [-0.3, -0.25) is 4.57 Å². The minimum Gasteiger partial charge on any atom is -0.376 e. The summed E-state index contributed by atoms with van der Waals surface area (Å²) in [6.45, 7) is 7.73. The number of pyridine rings is 1. The number of aliphatic imine (C=N–C) groups is 1. The predicted octanol–water partition coefficient (Wildman–Crippen LogP) is 3.79. The Hall–Kier alpha value is -2.46. The Morgan fingerprint density at radius 3 is 2.71 bits per heavy atom. The van der Waals surface area contributed by atoms with E-state index in [-0.39, 0.29) is 24.0 Å². The second kappa shape index (κ2) is 13.8. The fourth-order valence-corrected chi connectivity index (χ4v) is 2.89. The van der Waals surface area contributed by atoms with Gasteiger partial charge in [-0.25, -0.2) is 15.0 Å². The second-order valence-electron chi connectivity index (χ2n) is 7.17. The van der Waals surface area contributed by atoms with Gasteiger partial charge >= 0.3 is 0 Å². The van der Waals surface area contributed by atoms with Gasteiger partial charge in [-0.15, -0.1) is 24.0 Å². The lowest BCUT2D eigenvalue weighted by molar-refractivity contribution is 0.0931. The molecule has 8 heteroatoms. The summed E-state index contributed by atoms with van der Waals surface area (Å²) in [7, 11) is 0. The molecule has 0 aliphatic carbocycles. The van der Waals surface area contributed by atoms with Gasteiger partial charge in [-0.05, 0) is 36.1 Å². The fraction of sp³-hybridized carbons (Fsp3) is 0.348. The molecule has 0 fully saturated rings. The van der Waals surface area contributed by atoms with Crippen LogP contribution in [0.1, 0.15) is 25.0 Å². The standard InChI is InChI=1S/C23H30N6O.HI/c1-3-25-23(27-14-19(2)16-30-17-20-7-5-4-6-8-20)28-15-21-9-10-26-22(13-21)29-12-11-24-18-29;/h4-13,18-19H,3,14-17H2,1-2H3,(H2,25,27,28);1H. The van der Waals surface area contributed by atoms with Crippen molar-refractivity contribution in [3.63, 3.8) is 0 Å². The lowest BCUT2D eigenvalue weighted by atomic mass is 10.2. The molecular formula is C23H31IN6O. The Balaban J connectivity index is 0.00000341. The van der Waals surface area contributed by atoms with E-state index in [1.54, 1.807) is 18.7 Å². The number of nitrogens with one attached hydrogen (secondary N) is 2.